The van der Waals surface area contributed by atoms with Gasteiger partial charge in [0, 0.05) is 19.7 Å². The maximum absolute atomic E-state index is 5.36. The third-order valence-corrected chi connectivity index (χ3v) is 1.66. The first kappa shape index (κ1) is 9.71. The van der Waals surface area contributed by atoms with Crippen LogP contribution in [-0.2, 0) is 7.05 Å². The lowest BCUT2D eigenvalue weighted by atomic mass is 10.2. The fourth-order valence-corrected chi connectivity index (χ4v) is 0.978. The lowest BCUT2D eigenvalue weighted by Crippen LogP contribution is -2.28. The van der Waals surface area contributed by atoms with E-state index in [1.807, 2.05) is 13.2 Å². The number of hydrogen-bond donors (Lipinski definition) is 2. The molecule has 1 rings (SSSR count). The van der Waals surface area contributed by atoms with Crippen LogP contribution in [0.3, 0.4) is 0 Å². The third kappa shape index (κ3) is 2.54. The average Bonchev–Trinajstić information content (AvgIpc) is 2.54. The summed E-state index contributed by atoms with van der Waals surface area (Å²) in [7, 11) is 1.82. The molecular weight excluding hydrogens is 166 g/mol. The highest BCUT2D eigenvalue weighted by atomic mass is 15.4. The monoisotopic (exact) mass is 179 g/mol. The van der Waals surface area contributed by atoms with Crippen molar-refractivity contribution in [3.8, 4) is 11.8 Å². The van der Waals surface area contributed by atoms with Crippen LogP contribution in [0.2, 0.25) is 0 Å². The van der Waals surface area contributed by atoms with Gasteiger partial charge in [0.25, 0.3) is 0 Å². The zero-order chi connectivity index (χ0) is 9.68. The second-order valence-corrected chi connectivity index (χ2v) is 2.67. The van der Waals surface area contributed by atoms with Crippen LogP contribution in [-0.4, -0.2) is 15.0 Å². The van der Waals surface area contributed by atoms with Gasteiger partial charge >= 0.3 is 0 Å². The summed E-state index contributed by atoms with van der Waals surface area (Å²) >= 11 is 0. The Bertz CT molecular complexity index is 319. The summed E-state index contributed by atoms with van der Waals surface area (Å²) in [5.74, 6) is 11.1. The Labute approximate surface area is 77.3 Å². The van der Waals surface area contributed by atoms with E-state index in [2.05, 4.69) is 27.6 Å². The quantitative estimate of drug-likeness (QED) is 0.381. The van der Waals surface area contributed by atoms with Crippen molar-refractivity contribution in [3.63, 3.8) is 0 Å². The molecule has 1 aromatic heterocycles. The second kappa shape index (κ2) is 4.60. The van der Waals surface area contributed by atoms with Crippen LogP contribution < -0.4 is 11.3 Å². The zero-order valence-corrected chi connectivity index (χ0v) is 7.78. The van der Waals surface area contributed by atoms with Crippen molar-refractivity contribution in [2.75, 3.05) is 0 Å². The molecule has 0 radical (unpaired) electrons. The Morgan fingerprint density at radius 3 is 3.00 bits per heavy atom. The Kier molecular flexibility index (Phi) is 3.43. The van der Waals surface area contributed by atoms with Gasteiger partial charge in [0.15, 0.2) is 0 Å². The highest BCUT2D eigenvalue weighted by molar-refractivity contribution is 5.07. The van der Waals surface area contributed by atoms with Gasteiger partial charge in [0.2, 0.25) is 0 Å². The molecule has 0 saturated heterocycles. The molecule has 0 aliphatic heterocycles. The molecule has 0 spiro atoms. The van der Waals surface area contributed by atoms with Crippen LogP contribution in [0.5, 0.6) is 0 Å². The summed E-state index contributed by atoms with van der Waals surface area (Å²) in [6, 6.07) is -0.0406. The molecule has 3 N–H and O–H groups in total. The molecule has 0 aliphatic carbocycles. The molecule has 0 fully saturated rings. The number of hydrogen-bond acceptors (Lipinski definition) is 4. The van der Waals surface area contributed by atoms with Gasteiger partial charge in [-0.1, -0.05) is 5.21 Å². The Morgan fingerprint density at radius 2 is 2.54 bits per heavy atom. The normalized spacial score (nSPS) is 11.9. The minimum atomic E-state index is -0.0406. The number of nitrogens with zero attached hydrogens (tertiary/aromatic N) is 3. The molecule has 1 atom stereocenters. The van der Waals surface area contributed by atoms with E-state index in [9.17, 15) is 0 Å². The minimum Gasteiger partial charge on any atom is -0.271 e. The molecule has 5 heteroatoms. The minimum absolute atomic E-state index is 0.0406. The Balaban J connectivity index is 2.70. The molecule has 0 aromatic carbocycles. The van der Waals surface area contributed by atoms with Crippen molar-refractivity contribution < 1.29 is 0 Å². The second-order valence-electron chi connectivity index (χ2n) is 2.67. The molecule has 1 unspecified atom stereocenters. The number of hydrazine groups is 1. The van der Waals surface area contributed by atoms with Crippen molar-refractivity contribution in [1.29, 1.82) is 0 Å². The number of rotatable bonds is 3. The van der Waals surface area contributed by atoms with Crippen LogP contribution in [0.25, 0.3) is 0 Å². The Morgan fingerprint density at radius 1 is 1.77 bits per heavy atom. The van der Waals surface area contributed by atoms with Gasteiger partial charge in [0.1, 0.15) is 5.69 Å². The molecule has 13 heavy (non-hydrogen) atoms. The molecule has 0 saturated carbocycles. The lowest BCUT2D eigenvalue weighted by Gasteiger charge is -2.07. The van der Waals surface area contributed by atoms with Crippen molar-refractivity contribution in [1.82, 2.24) is 20.4 Å². The van der Waals surface area contributed by atoms with E-state index in [0.29, 0.717) is 6.42 Å². The van der Waals surface area contributed by atoms with E-state index in [-0.39, 0.29) is 6.04 Å². The van der Waals surface area contributed by atoms with Crippen molar-refractivity contribution in [2.45, 2.75) is 19.4 Å². The van der Waals surface area contributed by atoms with Gasteiger partial charge in [-0.25, -0.2) is 0 Å². The van der Waals surface area contributed by atoms with Crippen molar-refractivity contribution >= 4 is 0 Å². The van der Waals surface area contributed by atoms with Crippen LogP contribution in [0.1, 0.15) is 25.1 Å². The first-order valence-corrected chi connectivity index (χ1v) is 4.00. The summed E-state index contributed by atoms with van der Waals surface area (Å²) in [5.41, 5.74) is 3.46. The number of nitrogens with one attached hydrogen (secondary N) is 1. The molecule has 70 valence electrons. The van der Waals surface area contributed by atoms with E-state index >= 15 is 0 Å². The fourth-order valence-electron chi connectivity index (χ4n) is 0.978. The van der Waals surface area contributed by atoms with Gasteiger partial charge in [-0.15, -0.1) is 16.9 Å². The van der Waals surface area contributed by atoms with E-state index in [0.717, 1.165) is 5.69 Å². The first-order valence-electron chi connectivity index (χ1n) is 4.00. The van der Waals surface area contributed by atoms with Crippen molar-refractivity contribution in [2.24, 2.45) is 12.9 Å². The zero-order valence-electron chi connectivity index (χ0n) is 7.78. The topological polar surface area (TPSA) is 68.8 Å². The van der Waals surface area contributed by atoms with Gasteiger partial charge < -0.3 is 0 Å². The Hall–Kier alpha value is -1.38. The maximum atomic E-state index is 5.36. The molecule has 0 amide bonds. The molecule has 1 aromatic rings. The lowest BCUT2D eigenvalue weighted by molar-refractivity contribution is 0.552. The van der Waals surface area contributed by atoms with Crippen LogP contribution in [0.4, 0.5) is 0 Å². The SMILES string of the molecule is CC#CCC(NN)c1cn(C)nn1. The number of aryl methyl sites for hydroxylation is 1. The van der Waals surface area contributed by atoms with Gasteiger partial charge in [-0.3, -0.25) is 16.0 Å². The third-order valence-electron chi connectivity index (χ3n) is 1.66. The maximum Gasteiger partial charge on any atom is 0.102 e. The summed E-state index contributed by atoms with van der Waals surface area (Å²) < 4.78 is 1.64. The van der Waals surface area contributed by atoms with Gasteiger partial charge in [-0.2, -0.15) is 0 Å². The van der Waals surface area contributed by atoms with Crippen LogP contribution in [0, 0.1) is 11.8 Å². The van der Waals surface area contributed by atoms with Gasteiger partial charge in [-0.05, 0) is 6.92 Å². The highest BCUT2D eigenvalue weighted by Gasteiger charge is 2.11. The molecule has 0 aliphatic rings. The molecule has 5 nitrogen and oxygen atoms in total. The summed E-state index contributed by atoms with van der Waals surface area (Å²) in [4.78, 5) is 0. The van der Waals surface area contributed by atoms with E-state index < -0.39 is 0 Å². The van der Waals surface area contributed by atoms with Crippen molar-refractivity contribution in [3.05, 3.63) is 11.9 Å². The predicted octanol–water partition coefficient (Wildman–Crippen LogP) is -0.267. The number of nitrogens with two attached hydrogens (primary N) is 1. The smallest absolute Gasteiger partial charge is 0.102 e. The highest BCUT2D eigenvalue weighted by Crippen LogP contribution is 2.10. The number of aromatic nitrogens is 3. The summed E-state index contributed by atoms with van der Waals surface area (Å²) in [6.45, 7) is 1.80. The first-order chi connectivity index (χ1) is 6.27. The molecular formula is C8H13N5. The standard InChI is InChI=1S/C8H13N5/c1-3-4-5-7(10-9)8-6-13(2)12-11-8/h6-7,10H,5,9H2,1-2H3. The van der Waals surface area contributed by atoms with E-state index in [1.165, 1.54) is 0 Å². The average molecular weight is 179 g/mol. The largest absolute Gasteiger partial charge is 0.271 e. The van der Waals surface area contributed by atoms with E-state index in [4.69, 9.17) is 5.84 Å². The van der Waals surface area contributed by atoms with Crippen LogP contribution >= 0.6 is 0 Å². The van der Waals surface area contributed by atoms with E-state index in [1.54, 1.807) is 11.6 Å². The van der Waals surface area contributed by atoms with Gasteiger partial charge in [0.05, 0.1) is 6.04 Å². The van der Waals surface area contributed by atoms with Crippen LogP contribution in [0.15, 0.2) is 6.20 Å². The summed E-state index contributed by atoms with van der Waals surface area (Å²) in [5, 5.41) is 7.76. The summed E-state index contributed by atoms with van der Waals surface area (Å²) in [6.07, 6.45) is 2.47. The fraction of sp³-hybridized carbons (Fsp3) is 0.500. The predicted molar refractivity (Wildman–Crippen MR) is 49.1 cm³/mol. The molecule has 0 bridgehead atoms. The molecule has 1 heterocycles.